The van der Waals surface area contributed by atoms with Gasteiger partial charge in [-0.05, 0) is 79.5 Å². The van der Waals surface area contributed by atoms with Crippen LogP contribution in [0, 0.1) is 29.1 Å². The van der Waals surface area contributed by atoms with Crippen LogP contribution in [0.25, 0.3) is 0 Å². The molecular weight excluding hydrogens is 341 g/mol. The summed E-state index contributed by atoms with van der Waals surface area (Å²) in [5.74, 6) is 4.70. The normalized spacial score (nSPS) is 38.6. The number of hydrogen-bond acceptors (Lipinski definition) is 2. The first-order valence-corrected chi connectivity index (χ1v) is 9.28. The largest absolute Gasteiger partial charge is 0.508 e. The minimum absolute atomic E-state index is 0.177. The van der Waals surface area contributed by atoms with Crippen molar-refractivity contribution in [1.82, 2.24) is 0 Å². The Labute approximate surface area is 151 Å². The van der Waals surface area contributed by atoms with Crippen molar-refractivity contribution in [2.45, 2.75) is 63.1 Å². The maximum atomic E-state index is 12.6. The highest BCUT2D eigenvalue weighted by molar-refractivity contribution is 5.40. The molecule has 0 bridgehead atoms. The zero-order valence-electron chi connectivity index (χ0n) is 14.7. The number of aryl methyl sites for hydroxylation is 1. The number of aliphatic hydroxyl groups is 1. The summed E-state index contributed by atoms with van der Waals surface area (Å²) in [5, 5.41) is 20.8. The van der Waals surface area contributed by atoms with E-state index in [4.69, 9.17) is 0 Å². The van der Waals surface area contributed by atoms with Gasteiger partial charge in [-0.2, -0.15) is 13.2 Å². The predicted molar refractivity (Wildman–Crippen MR) is 91.5 cm³/mol. The molecule has 0 spiro atoms. The van der Waals surface area contributed by atoms with E-state index in [0.29, 0.717) is 31.1 Å². The van der Waals surface area contributed by atoms with E-state index in [-0.39, 0.29) is 11.7 Å². The lowest BCUT2D eigenvalue weighted by molar-refractivity contribution is -0.0768. The highest BCUT2D eigenvalue weighted by Gasteiger charge is 2.61. The number of fused-ring (bicyclic) bond motifs is 5. The van der Waals surface area contributed by atoms with Gasteiger partial charge in [-0.25, -0.2) is 0 Å². The summed E-state index contributed by atoms with van der Waals surface area (Å²) in [5.41, 5.74) is 0.284. The zero-order chi connectivity index (χ0) is 18.7. The van der Waals surface area contributed by atoms with Gasteiger partial charge in [-0.15, -0.1) is 0 Å². The maximum Gasteiger partial charge on any atom is 0.457 e. The second-order valence-electron chi connectivity index (χ2n) is 8.40. The van der Waals surface area contributed by atoms with Gasteiger partial charge in [0.25, 0.3) is 0 Å². The molecule has 0 radical (unpaired) electrons. The number of phenols is 1. The minimum Gasteiger partial charge on any atom is -0.508 e. The van der Waals surface area contributed by atoms with E-state index >= 15 is 0 Å². The van der Waals surface area contributed by atoms with E-state index in [1.807, 2.05) is 19.1 Å². The van der Waals surface area contributed by atoms with Crippen LogP contribution in [0.4, 0.5) is 13.2 Å². The number of halogens is 3. The predicted octanol–water partition coefficient (Wildman–Crippen LogP) is 4.55. The highest BCUT2D eigenvalue weighted by atomic mass is 19.4. The number of alkyl halides is 3. The molecule has 5 atom stereocenters. The molecule has 140 valence electrons. The van der Waals surface area contributed by atoms with E-state index in [2.05, 4.69) is 5.92 Å². The third kappa shape index (κ3) is 2.62. The van der Waals surface area contributed by atoms with Gasteiger partial charge in [0.2, 0.25) is 0 Å². The Morgan fingerprint density at radius 2 is 1.92 bits per heavy atom. The first-order valence-electron chi connectivity index (χ1n) is 9.28. The second-order valence-corrected chi connectivity index (χ2v) is 8.40. The molecule has 0 heterocycles. The topological polar surface area (TPSA) is 40.5 Å². The van der Waals surface area contributed by atoms with Crippen molar-refractivity contribution in [2.24, 2.45) is 17.3 Å². The SMILES string of the molecule is CC12CCC3c4ccc(O)cc4CCC3C1CC[C@@]2(O)C#CC(F)(F)F. The Bertz CT molecular complexity index is 791. The summed E-state index contributed by atoms with van der Waals surface area (Å²) in [6.45, 7) is 1.93. The maximum absolute atomic E-state index is 12.6. The first-order chi connectivity index (χ1) is 12.1. The number of phenolic OH excluding ortho intramolecular Hbond substituents is 1. The van der Waals surface area contributed by atoms with Gasteiger partial charge in [0, 0.05) is 11.3 Å². The third-order valence-electron chi connectivity index (χ3n) is 7.27. The van der Waals surface area contributed by atoms with Gasteiger partial charge >= 0.3 is 6.18 Å². The zero-order valence-corrected chi connectivity index (χ0v) is 14.7. The van der Waals surface area contributed by atoms with Crippen LogP contribution in [-0.4, -0.2) is 22.0 Å². The van der Waals surface area contributed by atoms with Crippen molar-refractivity contribution >= 4 is 0 Å². The van der Waals surface area contributed by atoms with E-state index < -0.39 is 17.2 Å². The number of rotatable bonds is 0. The van der Waals surface area contributed by atoms with Gasteiger partial charge in [-0.3, -0.25) is 0 Å². The number of benzene rings is 1. The van der Waals surface area contributed by atoms with Gasteiger partial charge in [0.1, 0.15) is 11.4 Å². The quantitative estimate of drug-likeness (QED) is 0.664. The highest BCUT2D eigenvalue weighted by Crippen LogP contribution is 2.64. The van der Waals surface area contributed by atoms with E-state index in [1.54, 1.807) is 6.07 Å². The molecule has 3 aliphatic rings. The fourth-order valence-electron chi connectivity index (χ4n) is 5.96. The number of aromatic hydroxyl groups is 1. The molecule has 0 amide bonds. The fraction of sp³-hybridized carbons (Fsp3) is 0.619. The molecule has 5 heteroatoms. The van der Waals surface area contributed by atoms with Crippen LogP contribution in [0.5, 0.6) is 5.75 Å². The Morgan fingerprint density at radius 1 is 1.15 bits per heavy atom. The van der Waals surface area contributed by atoms with Crippen molar-refractivity contribution in [3.05, 3.63) is 29.3 Å². The molecule has 2 saturated carbocycles. The molecule has 0 aliphatic heterocycles. The molecule has 1 aromatic rings. The van der Waals surface area contributed by atoms with Crippen LogP contribution >= 0.6 is 0 Å². The standard InChI is InChI=1S/C21H23F3O2/c1-19-8-6-16-15-5-3-14(25)12-13(15)2-4-17(16)18(19)7-9-20(19,26)10-11-21(22,23)24/h3,5,12,16-18,25-26H,2,4,6-9H2,1H3/t16?,17?,18?,19?,20-/m1/s1. The molecule has 4 unspecified atom stereocenters. The monoisotopic (exact) mass is 364 g/mol. The van der Waals surface area contributed by atoms with Gasteiger partial charge in [-0.1, -0.05) is 18.9 Å². The van der Waals surface area contributed by atoms with Crippen molar-refractivity contribution in [2.75, 3.05) is 0 Å². The molecule has 0 saturated heterocycles. The molecule has 2 fully saturated rings. The van der Waals surface area contributed by atoms with Gasteiger partial charge in [0.05, 0.1) is 0 Å². The van der Waals surface area contributed by atoms with Crippen molar-refractivity contribution in [3.8, 4) is 17.6 Å². The second kappa shape index (κ2) is 5.66. The van der Waals surface area contributed by atoms with Crippen LogP contribution < -0.4 is 0 Å². The summed E-state index contributed by atoms with van der Waals surface area (Å²) in [7, 11) is 0. The lowest BCUT2D eigenvalue weighted by Crippen LogP contribution is -2.50. The summed E-state index contributed by atoms with van der Waals surface area (Å²) in [4.78, 5) is 0. The lowest BCUT2D eigenvalue weighted by Gasteiger charge is -2.52. The summed E-state index contributed by atoms with van der Waals surface area (Å²) < 4.78 is 37.8. The molecule has 1 aromatic carbocycles. The van der Waals surface area contributed by atoms with E-state index in [9.17, 15) is 23.4 Å². The molecular formula is C21H23F3O2. The summed E-state index contributed by atoms with van der Waals surface area (Å²) in [6.07, 6.45) is -0.230. The Balaban J connectivity index is 1.66. The molecule has 2 N–H and O–H groups in total. The van der Waals surface area contributed by atoms with E-state index in [0.717, 1.165) is 19.3 Å². The summed E-state index contributed by atoms with van der Waals surface area (Å²) >= 11 is 0. The molecule has 3 aliphatic carbocycles. The van der Waals surface area contributed by atoms with Crippen molar-refractivity contribution in [3.63, 3.8) is 0 Å². The average Bonchev–Trinajstić information content (AvgIpc) is 2.84. The average molecular weight is 364 g/mol. The lowest BCUT2D eigenvalue weighted by atomic mass is 9.53. The molecule has 4 rings (SSSR count). The van der Waals surface area contributed by atoms with Gasteiger partial charge in [0.15, 0.2) is 0 Å². The van der Waals surface area contributed by atoms with Crippen LogP contribution in [0.1, 0.15) is 56.1 Å². The molecule has 26 heavy (non-hydrogen) atoms. The minimum atomic E-state index is -4.58. The third-order valence-corrected chi connectivity index (χ3v) is 7.27. The fourth-order valence-corrected chi connectivity index (χ4v) is 5.96. The summed E-state index contributed by atoms with van der Waals surface area (Å²) in [6, 6.07) is 5.54. The molecule has 0 aromatic heterocycles. The first kappa shape index (κ1) is 17.7. The smallest absolute Gasteiger partial charge is 0.457 e. The van der Waals surface area contributed by atoms with Crippen LogP contribution in [-0.2, 0) is 6.42 Å². The van der Waals surface area contributed by atoms with Crippen molar-refractivity contribution < 1.29 is 23.4 Å². The van der Waals surface area contributed by atoms with E-state index in [1.165, 1.54) is 17.0 Å². The van der Waals surface area contributed by atoms with Gasteiger partial charge < -0.3 is 10.2 Å². The number of hydrogen-bond donors (Lipinski definition) is 2. The Morgan fingerprint density at radius 3 is 2.65 bits per heavy atom. The molecule has 2 nitrogen and oxygen atoms in total. The Hall–Kier alpha value is -1.67. The Kier molecular flexibility index (Phi) is 3.86. The van der Waals surface area contributed by atoms with Crippen molar-refractivity contribution in [1.29, 1.82) is 0 Å². The van der Waals surface area contributed by atoms with Crippen LogP contribution in [0.3, 0.4) is 0 Å². The van der Waals surface area contributed by atoms with Crippen LogP contribution in [0.2, 0.25) is 0 Å². The van der Waals surface area contributed by atoms with Crippen LogP contribution in [0.15, 0.2) is 18.2 Å².